The van der Waals surface area contributed by atoms with E-state index in [-0.39, 0.29) is 40.5 Å². The summed E-state index contributed by atoms with van der Waals surface area (Å²) in [5.41, 5.74) is -4.21. The molecule has 0 aliphatic rings. The number of halogens is 9. The molecule has 1 unspecified atom stereocenters. The molecule has 3 aromatic rings. The summed E-state index contributed by atoms with van der Waals surface area (Å²) in [7, 11) is 0. The Bertz CT molecular complexity index is 1180. The van der Waals surface area contributed by atoms with Crippen molar-refractivity contribution in [3.8, 4) is 11.7 Å². The van der Waals surface area contributed by atoms with Crippen molar-refractivity contribution < 1.29 is 44.7 Å². The molecule has 0 aliphatic carbocycles. The maximum Gasteiger partial charge on any atom is 0.416 e. The summed E-state index contributed by atoms with van der Waals surface area (Å²) in [5, 5.41) is 6.16. The molecule has 2 aromatic heterocycles. The number of hydrogen-bond donors (Lipinski definition) is 1. The third-order valence-corrected chi connectivity index (χ3v) is 4.56. The molecule has 17 heteroatoms. The molecular weight excluding hydrogens is 564 g/mol. The average Bonchev–Trinajstić information content (AvgIpc) is 3.14. The van der Waals surface area contributed by atoms with Crippen LogP contribution in [0.5, 0.6) is 5.75 Å². The number of alkyl halides is 8. The lowest BCUT2D eigenvalue weighted by Crippen LogP contribution is -2.29. The fourth-order valence-corrected chi connectivity index (χ4v) is 3.08. The fourth-order valence-electron chi connectivity index (χ4n) is 2.74. The minimum Gasteiger partial charge on any atom is -0.432 e. The van der Waals surface area contributed by atoms with Crippen molar-refractivity contribution in [3.63, 3.8) is 0 Å². The Kier molecular flexibility index (Phi) is 7.28. The molecule has 0 fully saturated rings. The van der Waals surface area contributed by atoms with E-state index in [4.69, 9.17) is 0 Å². The molecule has 0 saturated carbocycles. The highest BCUT2D eigenvalue weighted by atomic mass is 79.9. The quantitative estimate of drug-likeness (QED) is 0.419. The highest BCUT2D eigenvalue weighted by Gasteiger charge is 2.37. The van der Waals surface area contributed by atoms with Crippen molar-refractivity contribution in [2.75, 3.05) is 0 Å². The van der Waals surface area contributed by atoms with Crippen LogP contribution in [-0.2, 0) is 12.4 Å². The molecule has 1 atom stereocenters. The number of aromatic nitrogens is 5. The maximum absolute atomic E-state index is 13.1. The average molecular weight is 575 g/mol. The van der Waals surface area contributed by atoms with Crippen molar-refractivity contribution in [2.24, 2.45) is 0 Å². The van der Waals surface area contributed by atoms with E-state index in [0.717, 1.165) is 17.1 Å². The van der Waals surface area contributed by atoms with Crippen molar-refractivity contribution in [3.05, 3.63) is 57.8 Å². The van der Waals surface area contributed by atoms with Gasteiger partial charge in [0.2, 0.25) is 4.73 Å². The standard InChI is InChI=1S/C18H11BrF8N6O2/c1-7(12-31-14(19)32-33(12)16-28-5-11(6-29-16)35-15(20)21)30-13(34)8-2-9(17(22,23)24)4-10(3-8)18(25,26)27/h2-7,15H,1H3,(H,30,34). The van der Waals surface area contributed by atoms with Crippen molar-refractivity contribution >= 4 is 21.8 Å². The topological polar surface area (TPSA) is 94.8 Å². The number of carbonyl (C=O) groups is 1. The Balaban J connectivity index is 1.90. The molecule has 0 aliphatic heterocycles. The molecule has 1 N–H and O–H groups in total. The Hall–Kier alpha value is -3.37. The summed E-state index contributed by atoms with van der Waals surface area (Å²) >= 11 is 2.98. The van der Waals surface area contributed by atoms with Crippen molar-refractivity contribution in [1.29, 1.82) is 0 Å². The van der Waals surface area contributed by atoms with E-state index in [9.17, 15) is 39.9 Å². The van der Waals surface area contributed by atoms with Crippen LogP contribution in [0.2, 0.25) is 0 Å². The van der Waals surface area contributed by atoms with Crippen LogP contribution in [0.1, 0.15) is 40.3 Å². The van der Waals surface area contributed by atoms with Gasteiger partial charge in [-0.25, -0.2) is 15.0 Å². The zero-order valence-corrected chi connectivity index (χ0v) is 18.6. The normalized spacial score (nSPS) is 13.1. The van der Waals surface area contributed by atoms with Gasteiger partial charge in [-0.3, -0.25) is 4.79 Å². The summed E-state index contributed by atoms with van der Waals surface area (Å²) in [6.45, 7) is -1.80. The first-order valence-electron chi connectivity index (χ1n) is 9.15. The smallest absolute Gasteiger partial charge is 0.416 e. The first-order valence-corrected chi connectivity index (χ1v) is 9.94. The highest BCUT2D eigenvalue weighted by molar-refractivity contribution is 9.10. The predicted octanol–water partition coefficient (Wildman–Crippen LogP) is 4.95. The molecule has 1 aromatic carbocycles. The number of carbonyl (C=O) groups excluding carboxylic acids is 1. The Morgan fingerprint density at radius 1 is 1.03 bits per heavy atom. The van der Waals surface area contributed by atoms with Crippen LogP contribution in [0.4, 0.5) is 35.1 Å². The number of benzene rings is 1. The van der Waals surface area contributed by atoms with Gasteiger partial charge in [-0.1, -0.05) is 0 Å². The molecule has 188 valence electrons. The highest BCUT2D eigenvalue weighted by Crippen LogP contribution is 2.36. The maximum atomic E-state index is 13.1. The number of nitrogens with zero attached hydrogens (tertiary/aromatic N) is 5. The van der Waals surface area contributed by atoms with Gasteiger partial charge in [-0.2, -0.15) is 39.8 Å². The summed E-state index contributed by atoms with van der Waals surface area (Å²) in [5.74, 6) is -1.92. The first-order chi connectivity index (χ1) is 16.1. The second-order valence-corrected chi connectivity index (χ2v) is 7.45. The second kappa shape index (κ2) is 9.71. The van der Waals surface area contributed by atoms with E-state index in [1.165, 1.54) is 6.92 Å². The molecule has 3 rings (SSSR count). The summed E-state index contributed by atoms with van der Waals surface area (Å²) in [6.07, 6.45) is -8.47. The second-order valence-electron chi connectivity index (χ2n) is 6.74. The molecule has 0 spiro atoms. The Morgan fingerprint density at radius 3 is 2.06 bits per heavy atom. The van der Waals surface area contributed by atoms with Gasteiger partial charge in [0, 0.05) is 5.56 Å². The van der Waals surface area contributed by atoms with Gasteiger partial charge in [-0.15, -0.1) is 5.10 Å². The fraction of sp³-hybridized carbons (Fsp3) is 0.278. The van der Waals surface area contributed by atoms with E-state index in [1.807, 2.05) is 0 Å². The van der Waals surface area contributed by atoms with E-state index in [0.29, 0.717) is 0 Å². The summed E-state index contributed by atoms with van der Waals surface area (Å²) in [4.78, 5) is 24.1. The molecule has 1 amide bonds. The van der Waals surface area contributed by atoms with Gasteiger partial charge in [0.15, 0.2) is 11.6 Å². The zero-order chi connectivity index (χ0) is 26.1. The first kappa shape index (κ1) is 26.2. The van der Waals surface area contributed by atoms with Crippen molar-refractivity contribution in [1.82, 2.24) is 30.0 Å². The van der Waals surface area contributed by atoms with Gasteiger partial charge in [0.25, 0.3) is 11.9 Å². The SMILES string of the molecule is CC(NC(=O)c1cc(C(F)(F)F)cc(C(F)(F)F)c1)c1nc(Br)nn1-c1ncc(OC(F)F)cn1. The summed E-state index contributed by atoms with van der Waals surface area (Å²) in [6, 6.07) is -0.677. The van der Waals surface area contributed by atoms with Crippen LogP contribution in [0.3, 0.4) is 0 Å². The molecule has 2 heterocycles. The van der Waals surface area contributed by atoms with Gasteiger partial charge >= 0.3 is 19.0 Å². The lowest BCUT2D eigenvalue weighted by atomic mass is 10.0. The molecule has 0 radical (unpaired) electrons. The molecule has 35 heavy (non-hydrogen) atoms. The zero-order valence-electron chi connectivity index (χ0n) is 17.0. The molecule has 0 saturated heterocycles. The van der Waals surface area contributed by atoms with E-state index in [2.05, 4.69) is 46.0 Å². The lowest BCUT2D eigenvalue weighted by Gasteiger charge is -2.16. The molecule has 8 nitrogen and oxygen atoms in total. The van der Waals surface area contributed by atoms with Crippen LogP contribution in [0, 0.1) is 0 Å². The minimum atomic E-state index is -5.13. The van der Waals surface area contributed by atoms with Gasteiger partial charge in [-0.05, 0) is 41.1 Å². The Labute approximate surface area is 198 Å². The van der Waals surface area contributed by atoms with E-state index < -0.39 is 47.6 Å². The third kappa shape index (κ3) is 6.40. The number of hydrogen-bond acceptors (Lipinski definition) is 6. The third-order valence-electron chi connectivity index (χ3n) is 4.22. The van der Waals surface area contributed by atoms with Gasteiger partial charge in [0.1, 0.15) is 0 Å². The van der Waals surface area contributed by atoms with Crippen molar-refractivity contribution in [2.45, 2.75) is 31.9 Å². The van der Waals surface area contributed by atoms with Gasteiger partial charge < -0.3 is 10.1 Å². The van der Waals surface area contributed by atoms with E-state index in [1.54, 1.807) is 0 Å². The lowest BCUT2D eigenvalue weighted by molar-refractivity contribution is -0.143. The van der Waals surface area contributed by atoms with Crippen LogP contribution in [-0.4, -0.2) is 37.3 Å². The molecular formula is C18H11BrF8N6O2. The largest absolute Gasteiger partial charge is 0.432 e. The van der Waals surface area contributed by atoms with Crippen LogP contribution >= 0.6 is 15.9 Å². The van der Waals surface area contributed by atoms with E-state index >= 15 is 0 Å². The van der Waals surface area contributed by atoms with Crippen LogP contribution in [0.15, 0.2) is 35.3 Å². The van der Waals surface area contributed by atoms with Crippen LogP contribution in [0.25, 0.3) is 5.95 Å². The predicted molar refractivity (Wildman–Crippen MR) is 104 cm³/mol. The number of rotatable bonds is 6. The number of ether oxygens (including phenoxy) is 1. The monoisotopic (exact) mass is 574 g/mol. The minimum absolute atomic E-state index is 0.0384. The molecule has 0 bridgehead atoms. The van der Waals surface area contributed by atoms with Gasteiger partial charge in [0.05, 0.1) is 29.6 Å². The number of amides is 1. The summed E-state index contributed by atoms with van der Waals surface area (Å²) < 4.78 is 108. The van der Waals surface area contributed by atoms with Crippen LogP contribution < -0.4 is 10.1 Å². The Morgan fingerprint density at radius 2 is 1.57 bits per heavy atom. The number of nitrogens with one attached hydrogen (secondary N) is 1.